The number of hydrogen-bond acceptors (Lipinski definition) is 5. The number of ether oxygens (including phenoxy) is 1. The first kappa shape index (κ1) is 26.1. The average molecular weight is 584 g/mol. The topological polar surface area (TPSA) is 109 Å². The summed E-state index contributed by atoms with van der Waals surface area (Å²) in [5.41, 5.74) is 5.25. The zero-order valence-corrected chi connectivity index (χ0v) is 23.0. The van der Waals surface area contributed by atoms with Crippen LogP contribution in [0.5, 0.6) is 5.75 Å². The van der Waals surface area contributed by atoms with Crippen molar-refractivity contribution in [1.29, 1.82) is 0 Å². The first-order valence-corrected chi connectivity index (χ1v) is 13.1. The Morgan fingerprint density at radius 3 is 2.56 bits per heavy atom. The molecule has 0 unspecified atom stereocenters. The largest absolute Gasteiger partial charge is 0.497 e. The highest BCUT2D eigenvalue weighted by Gasteiger charge is 2.19. The van der Waals surface area contributed by atoms with E-state index in [0.717, 1.165) is 37.8 Å². The maximum atomic E-state index is 13.4. The van der Waals surface area contributed by atoms with Gasteiger partial charge in [0.25, 0.3) is 11.8 Å². The number of H-pyrrole nitrogens is 1. The van der Waals surface area contributed by atoms with Crippen molar-refractivity contribution >= 4 is 38.6 Å². The third-order valence-electron chi connectivity index (χ3n) is 6.45. The molecular weight excluding hydrogens is 558 g/mol. The summed E-state index contributed by atoms with van der Waals surface area (Å²) in [5, 5.41) is 14.3. The summed E-state index contributed by atoms with van der Waals surface area (Å²) < 4.78 is 6.26. The van der Waals surface area contributed by atoms with E-state index in [-0.39, 0.29) is 24.1 Å². The van der Waals surface area contributed by atoms with Crippen molar-refractivity contribution in [1.82, 2.24) is 25.8 Å². The highest BCUT2D eigenvalue weighted by Crippen LogP contribution is 2.26. The molecule has 0 spiro atoms. The number of carbonyl (C=O) groups excluding carboxylic acids is 2. The number of nitrogens with one attached hydrogen (secondary N) is 3. The fourth-order valence-electron chi connectivity index (χ4n) is 4.29. The number of aryl methyl sites for hydroxylation is 1. The number of pyridine rings is 1. The number of hydrogen-bond donors (Lipinski definition) is 3. The summed E-state index contributed by atoms with van der Waals surface area (Å²) in [6.07, 6.45) is 1.62. The number of amides is 2. The molecule has 5 aromatic rings. The van der Waals surface area contributed by atoms with Gasteiger partial charge in [-0.3, -0.25) is 19.7 Å². The lowest BCUT2D eigenvalue weighted by molar-refractivity contribution is 0.0905. The van der Waals surface area contributed by atoms with E-state index in [4.69, 9.17) is 4.74 Å². The molecule has 2 heterocycles. The molecule has 196 valence electrons. The summed E-state index contributed by atoms with van der Waals surface area (Å²) in [6.45, 7) is 2.14. The Bertz CT molecular complexity index is 1650. The van der Waals surface area contributed by atoms with Gasteiger partial charge in [-0.05, 0) is 84.3 Å². The Hall–Kier alpha value is -4.50. The van der Waals surface area contributed by atoms with Gasteiger partial charge in [0.05, 0.1) is 18.7 Å². The molecule has 0 fully saturated rings. The number of rotatable bonds is 8. The predicted molar refractivity (Wildman–Crippen MR) is 154 cm³/mol. The highest BCUT2D eigenvalue weighted by atomic mass is 79.9. The first-order valence-electron chi connectivity index (χ1n) is 12.3. The van der Waals surface area contributed by atoms with Crippen molar-refractivity contribution in [2.45, 2.75) is 13.0 Å². The molecule has 2 aromatic heterocycles. The Morgan fingerprint density at radius 2 is 1.77 bits per heavy atom. The number of carbonyl (C=O) groups is 2. The van der Waals surface area contributed by atoms with E-state index >= 15 is 0 Å². The van der Waals surface area contributed by atoms with Crippen LogP contribution in [0.4, 0.5) is 0 Å². The number of nitrogens with zero attached hydrogens (tertiary/aromatic N) is 2. The lowest BCUT2D eigenvalue weighted by Gasteiger charge is -2.20. The van der Waals surface area contributed by atoms with E-state index in [1.54, 1.807) is 43.6 Å². The van der Waals surface area contributed by atoms with E-state index in [1.807, 2.05) is 55.5 Å². The van der Waals surface area contributed by atoms with Crippen LogP contribution in [0.1, 0.15) is 38.1 Å². The number of methoxy groups -OCH3 is 1. The quantitative estimate of drug-likeness (QED) is 0.220. The molecule has 0 bridgehead atoms. The van der Waals surface area contributed by atoms with Gasteiger partial charge in [-0.15, -0.1) is 0 Å². The van der Waals surface area contributed by atoms with Crippen LogP contribution < -0.4 is 15.4 Å². The Labute approximate surface area is 233 Å². The molecule has 0 aliphatic rings. The number of aromatic amines is 1. The molecule has 9 heteroatoms. The van der Waals surface area contributed by atoms with E-state index in [2.05, 4.69) is 41.7 Å². The first-order chi connectivity index (χ1) is 18.9. The van der Waals surface area contributed by atoms with Crippen LogP contribution >= 0.6 is 15.9 Å². The third-order valence-corrected chi connectivity index (χ3v) is 6.97. The minimum Gasteiger partial charge on any atom is -0.497 e. The number of benzene rings is 3. The van der Waals surface area contributed by atoms with Crippen molar-refractivity contribution in [2.24, 2.45) is 0 Å². The number of fused-ring (bicyclic) bond motifs is 1. The average Bonchev–Trinajstić information content (AvgIpc) is 3.35. The Morgan fingerprint density at radius 1 is 0.974 bits per heavy atom. The maximum Gasteiger partial charge on any atom is 0.270 e. The van der Waals surface area contributed by atoms with E-state index in [0.29, 0.717) is 11.3 Å². The molecular formula is C30H26BrN5O3. The molecule has 0 aliphatic heterocycles. The summed E-state index contributed by atoms with van der Waals surface area (Å²) in [6, 6.07) is 23.5. The minimum absolute atomic E-state index is 0.171. The summed E-state index contributed by atoms with van der Waals surface area (Å²) in [7, 11) is 1.58. The summed E-state index contributed by atoms with van der Waals surface area (Å²) in [5.74, 6) is 0.0499. The predicted octanol–water partition coefficient (Wildman–Crippen LogP) is 5.61. The van der Waals surface area contributed by atoms with E-state index in [9.17, 15) is 9.59 Å². The van der Waals surface area contributed by atoms with Gasteiger partial charge in [0.15, 0.2) is 0 Å². The maximum absolute atomic E-state index is 13.4. The van der Waals surface area contributed by atoms with Crippen LogP contribution in [0.2, 0.25) is 0 Å². The molecule has 0 radical (unpaired) electrons. The van der Waals surface area contributed by atoms with Crippen LogP contribution in [0.15, 0.2) is 89.5 Å². The van der Waals surface area contributed by atoms with Crippen molar-refractivity contribution in [3.05, 3.63) is 112 Å². The lowest BCUT2D eigenvalue weighted by atomic mass is 10.0. The van der Waals surface area contributed by atoms with Crippen molar-refractivity contribution in [3.63, 3.8) is 0 Å². The van der Waals surface area contributed by atoms with Gasteiger partial charge in [-0.25, -0.2) is 0 Å². The molecule has 39 heavy (non-hydrogen) atoms. The van der Waals surface area contributed by atoms with Gasteiger partial charge in [-0.1, -0.05) is 34.1 Å². The Balaban J connectivity index is 1.38. The second-order valence-corrected chi connectivity index (χ2v) is 9.95. The molecule has 3 N–H and O–H groups in total. The van der Waals surface area contributed by atoms with Crippen LogP contribution in [-0.2, 0) is 0 Å². The molecule has 3 aromatic carbocycles. The molecule has 5 rings (SSSR count). The van der Waals surface area contributed by atoms with Crippen LogP contribution in [0.25, 0.3) is 22.0 Å². The standard InChI is InChI=1S/C30H26BrN5O3/c1-18-25-15-20(8-11-26(25)36-35-18)21-12-13-32-27(16-21)30(38)34-28(22-4-3-5-24(14-22)39-2)17-33-29(37)19-6-9-23(31)10-7-19/h3-16,28H,17H2,1-2H3,(H,33,37)(H,34,38)(H,35,36)/t28-/m1/s1. The van der Waals surface area contributed by atoms with Crippen molar-refractivity contribution in [2.75, 3.05) is 13.7 Å². The SMILES string of the molecule is COc1cccc([C@@H](CNC(=O)c2ccc(Br)cc2)NC(=O)c2cc(-c3ccc4n[nH]c(C)c4c3)ccn2)c1. The molecule has 8 nitrogen and oxygen atoms in total. The van der Waals surface area contributed by atoms with Crippen LogP contribution in [0.3, 0.4) is 0 Å². The minimum atomic E-state index is -0.526. The van der Waals surface area contributed by atoms with Gasteiger partial charge in [0.1, 0.15) is 11.4 Å². The van der Waals surface area contributed by atoms with E-state index in [1.165, 1.54) is 0 Å². The third kappa shape index (κ3) is 5.99. The molecule has 0 saturated carbocycles. The molecule has 0 aliphatic carbocycles. The summed E-state index contributed by atoms with van der Waals surface area (Å²) >= 11 is 3.38. The fraction of sp³-hybridized carbons (Fsp3) is 0.133. The monoisotopic (exact) mass is 583 g/mol. The van der Waals surface area contributed by atoms with Crippen molar-refractivity contribution < 1.29 is 14.3 Å². The van der Waals surface area contributed by atoms with Gasteiger partial charge in [0.2, 0.25) is 0 Å². The second kappa shape index (κ2) is 11.5. The van der Waals surface area contributed by atoms with E-state index < -0.39 is 6.04 Å². The van der Waals surface area contributed by atoms with Gasteiger partial charge in [0, 0.05) is 33.9 Å². The smallest absolute Gasteiger partial charge is 0.270 e. The van der Waals surface area contributed by atoms with Gasteiger partial charge in [-0.2, -0.15) is 5.10 Å². The summed E-state index contributed by atoms with van der Waals surface area (Å²) in [4.78, 5) is 30.5. The van der Waals surface area contributed by atoms with Crippen LogP contribution in [0, 0.1) is 6.92 Å². The number of halogens is 1. The Kier molecular flexibility index (Phi) is 7.69. The normalized spacial score (nSPS) is 11.7. The molecule has 2 amide bonds. The second-order valence-electron chi connectivity index (χ2n) is 9.03. The fourth-order valence-corrected chi connectivity index (χ4v) is 4.56. The zero-order chi connectivity index (χ0) is 27.4. The van der Waals surface area contributed by atoms with Crippen LogP contribution in [-0.4, -0.2) is 40.7 Å². The van der Waals surface area contributed by atoms with Crippen molar-refractivity contribution in [3.8, 4) is 16.9 Å². The molecule has 0 saturated heterocycles. The van der Waals surface area contributed by atoms with Gasteiger partial charge < -0.3 is 15.4 Å². The molecule has 1 atom stereocenters. The highest BCUT2D eigenvalue weighted by molar-refractivity contribution is 9.10. The lowest BCUT2D eigenvalue weighted by Crippen LogP contribution is -2.38. The zero-order valence-electron chi connectivity index (χ0n) is 21.4. The van der Waals surface area contributed by atoms with Gasteiger partial charge >= 0.3 is 0 Å². The number of aromatic nitrogens is 3.